The van der Waals surface area contributed by atoms with Gasteiger partial charge in [-0.3, -0.25) is 0 Å². The van der Waals surface area contributed by atoms with Crippen LogP contribution in [-0.2, 0) is 22.9 Å². The summed E-state index contributed by atoms with van der Waals surface area (Å²) in [5.74, 6) is 0.975. The van der Waals surface area contributed by atoms with Crippen molar-refractivity contribution in [3.63, 3.8) is 0 Å². The third-order valence-electron chi connectivity index (χ3n) is 5.40. The minimum Gasteiger partial charge on any atom is -0.368 e. The summed E-state index contributed by atoms with van der Waals surface area (Å²) in [4.78, 5) is 17.0. The summed E-state index contributed by atoms with van der Waals surface area (Å²) in [6.07, 6.45) is 0.751. The maximum atomic E-state index is 13.0. The molecule has 2 aliphatic heterocycles. The Hall–Kier alpha value is -2.42. The Balaban J connectivity index is 1.58. The average molecular weight is 393 g/mol. The van der Waals surface area contributed by atoms with E-state index in [1.807, 2.05) is 30.1 Å². The van der Waals surface area contributed by atoms with Gasteiger partial charge in [-0.05, 0) is 37.0 Å². The first kappa shape index (κ1) is 18.9. The number of ether oxygens (including phenoxy) is 1. The van der Waals surface area contributed by atoms with E-state index >= 15 is 0 Å². The number of pyridine rings is 1. The van der Waals surface area contributed by atoms with Crippen molar-refractivity contribution in [2.24, 2.45) is 0 Å². The van der Waals surface area contributed by atoms with Gasteiger partial charge in [0.25, 0.3) is 0 Å². The maximum Gasteiger partial charge on any atom is 0.416 e. The van der Waals surface area contributed by atoms with Gasteiger partial charge in [0.05, 0.1) is 17.9 Å². The summed E-state index contributed by atoms with van der Waals surface area (Å²) >= 11 is 0. The van der Waals surface area contributed by atoms with E-state index in [9.17, 15) is 13.2 Å². The van der Waals surface area contributed by atoms with Gasteiger partial charge in [0.2, 0.25) is 5.95 Å². The molecule has 0 saturated carbocycles. The molecule has 1 fully saturated rings. The number of halogens is 3. The van der Waals surface area contributed by atoms with E-state index in [1.165, 1.54) is 6.20 Å². The molecule has 150 valence electrons. The van der Waals surface area contributed by atoms with Crippen molar-refractivity contribution < 1.29 is 17.9 Å². The van der Waals surface area contributed by atoms with Gasteiger partial charge < -0.3 is 14.5 Å². The third kappa shape index (κ3) is 3.39. The number of fused-ring (bicyclic) bond motifs is 2. The van der Waals surface area contributed by atoms with Crippen LogP contribution >= 0.6 is 0 Å². The van der Waals surface area contributed by atoms with E-state index in [0.29, 0.717) is 44.3 Å². The molecule has 0 bridgehead atoms. The highest BCUT2D eigenvalue weighted by molar-refractivity contribution is 5.44. The Kier molecular flexibility index (Phi) is 4.65. The SMILES string of the molecule is CN(C)c1ncc2c(n1)C1(CCN(c3cc(C(F)(F)F)ccn3)CC1)OCC2. The van der Waals surface area contributed by atoms with Crippen LogP contribution in [0.3, 0.4) is 0 Å². The van der Waals surface area contributed by atoms with Crippen molar-refractivity contribution >= 4 is 11.8 Å². The normalized spacial score (nSPS) is 18.8. The predicted molar refractivity (Wildman–Crippen MR) is 98.4 cm³/mol. The Labute approximate surface area is 161 Å². The zero-order valence-corrected chi connectivity index (χ0v) is 15.8. The van der Waals surface area contributed by atoms with Crippen molar-refractivity contribution in [3.8, 4) is 0 Å². The Morgan fingerprint density at radius 1 is 1.18 bits per heavy atom. The molecule has 0 amide bonds. The minimum absolute atomic E-state index is 0.345. The van der Waals surface area contributed by atoms with Crippen LogP contribution < -0.4 is 9.80 Å². The molecule has 0 atom stereocenters. The van der Waals surface area contributed by atoms with E-state index in [2.05, 4.69) is 9.97 Å². The third-order valence-corrected chi connectivity index (χ3v) is 5.40. The van der Waals surface area contributed by atoms with Crippen LogP contribution in [0.2, 0.25) is 0 Å². The van der Waals surface area contributed by atoms with Gasteiger partial charge in [-0.25, -0.2) is 15.0 Å². The number of alkyl halides is 3. The molecule has 2 aromatic heterocycles. The molecule has 28 heavy (non-hydrogen) atoms. The average Bonchev–Trinajstić information content (AvgIpc) is 2.68. The van der Waals surface area contributed by atoms with Crippen LogP contribution in [0.15, 0.2) is 24.5 Å². The highest BCUT2D eigenvalue weighted by Crippen LogP contribution is 2.41. The molecule has 1 saturated heterocycles. The Morgan fingerprint density at radius 2 is 1.93 bits per heavy atom. The highest BCUT2D eigenvalue weighted by Gasteiger charge is 2.43. The van der Waals surface area contributed by atoms with Gasteiger partial charge in [0, 0.05) is 39.6 Å². The van der Waals surface area contributed by atoms with E-state index in [0.717, 1.165) is 29.8 Å². The van der Waals surface area contributed by atoms with E-state index in [-0.39, 0.29) is 0 Å². The van der Waals surface area contributed by atoms with Gasteiger partial charge in [-0.1, -0.05) is 0 Å². The lowest BCUT2D eigenvalue weighted by atomic mass is 9.83. The van der Waals surface area contributed by atoms with E-state index in [1.54, 1.807) is 0 Å². The van der Waals surface area contributed by atoms with Crippen molar-refractivity contribution in [1.29, 1.82) is 0 Å². The topological polar surface area (TPSA) is 54.4 Å². The molecule has 9 heteroatoms. The summed E-state index contributed by atoms with van der Waals surface area (Å²) in [6, 6.07) is 2.11. The molecular weight excluding hydrogens is 371 g/mol. The number of piperidine rings is 1. The molecule has 4 rings (SSSR count). The number of rotatable bonds is 2. The van der Waals surface area contributed by atoms with Crippen molar-refractivity contribution in [3.05, 3.63) is 41.3 Å². The smallest absolute Gasteiger partial charge is 0.368 e. The number of hydrogen-bond donors (Lipinski definition) is 0. The fraction of sp³-hybridized carbons (Fsp3) is 0.526. The van der Waals surface area contributed by atoms with E-state index in [4.69, 9.17) is 9.72 Å². The lowest BCUT2D eigenvalue weighted by molar-refractivity contribution is -0.137. The second-order valence-electron chi connectivity index (χ2n) is 7.42. The summed E-state index contributed by atoms with van der Waals surface area (Å²) < 4.78 is 45.2. The second kappa shape index (κ2) is 6.88. The molecule has 0 aliphatic carbocycles. The fourth-order valence-electron chi connectivity index (χ4n) is 3.86. The van der Waals surface area contributed by atoms with Crippen molar-refractivity contribution in [2.75, 3.05) is 43.6 Å². The summed E-state index contributed by atoms with van der Waals surface area (Å²) in [5.41, 5.74) is 0.802. The minimum atomic E-state index is -4.38. The summed E-state index contributed by atoms with van der Waals surface area (Å²) in [7, 11) is 3.78. The van der Waals surface area contributed by atoms with Crippen LogP contribution in [0.5, 0.6) is 0 Å². The number of anilines is 2. The van der Waals surface area contributed by atoms with Gasteiger partial charge in [0.15, 0.2) is 0 Å². The van der Waals surface area contributed by atoms with Gasteiger partial charge >= 0.3 is 6.18 Å². The molecule has 0 unspecified atom stereocenters. The summed E-state index contributed by atoms with van der Waals surface area (Å²) in [6.45, 7) is 1.70. The van der Waals surface area contributed by atoms with Crippen LogP contribution in [-0.4, -0.2) is 48.7 Å². The molecule has 6 nitrogen and oxygen atoms in total. The van der Waals surface area contributed by atoms with E-state index < -0.39 is 17.3 Å². The quantitative estimate of drug-likeness (QED) is 0.782. The molecular formula is C19H22F3N5O. The van der Waals surface area contributed by atoms with Crippen LogP contribution in [0, 0.1) is 0 Å². The van der Waals surface area contributed by atoms with Crippen LogP contribution in [0.25, 0.3) is 0 Å². The first-order chi connectivity index (χ1) is 13.3. The molecule has 0 aromatic carbocycles. The van der Waals surface area contributed by atoms with Crippen molar-refractivity contribution in [1.82, 2.24) is 15.0 Å². The first-order valence-corrected chi connectivity index (χ1v) is 9.24. The van der Waals surface area contributed by atoms with Gasteiger partial charge in [-0.2, -0.15) is 13.2 Å². The molecule has 2 aromatic rings. The standard InChI is InChI=1S/C19H22F3N5O/c1-26(2)17-24-12-13-4-10-28-18(16(13)25-17)5-8-27(9-6-18)15-11-14(3-7-23-15)19(20,21)22/h3,7,11-12H,4-6,8-10H2,1-2H3. The molecule has 0 radical (unpaired) electrons. The summed E-state index contributed by atoms with van der Waals surface area (Å²) in [5, 5.41) is 0. The predicted octanol–water partition coefficient (Wildman–Crippen LogP) is 3.02. The number of aromatic nitrogens is 3. The molecule has 0 N–H and O–H groups in total. The molecule has 4 heterocycles. The van der Waals surface area contributed by atoms with Gasteiger partial charge in [0.1, 0.15) is 11.4 Å². The Morgan fingerprint density at radius 3 is 2.61 bits per heavy atom. The Bertz CT molecular complexity index is 863. The lowest BCUT2D eigenvalue weighted by Gasteiger charge is -2.44. The second-order valence-corrected chi connectivity index (χ2v) is 7.42. The molecule has 1 spiro atoms. The van der Waals surface area contributed by atoms with Crippen molar-refractivity contribution in [2.45, 2.75) is 31.0 Å². The zero-order valence-electron chi connectivity index (χ0n) is 15.8. The largest absolute Gasteiger partial charge is 0.416 e. The monoisotopic (exact) mass is 393 g/mol. The fourth-order valence-corrected chi connectivity index (χ4v) is 3.86. The number of nitrogens with zero attached hydrogens (tertiary/aromatic N) is 5. The van der Waals surface area contributed by atoms with Crippen LogP contribution in [0.1, 0.15) is 29.7 Å². The first-order valence-electron chi connectivity index (χ1n) is 9.24. The highest BCUT2D eigenvalue weighted by atomic mass is 19.4. The zero-order chi connectivity index (χ0) is 19.9. The molecule has 2 aliphatic rings. The van der Waals surface area contributed by atoms with Crippen LogP contribution in [0.4, 0.5) is 24.9 Å². The van der Waals surface area contributed by atoms with Gasteiger partial charge in [-0.15, -0.1) is 0 Å². The number of hydrogen-bond acceptors (Lipinski definition) is 6. The lowest BCUT2D eigenvalue weighted by Crippen LogP contribution is -2.47. The maximum absolute atomic E-state index is 13.0.